The van der Waals surface area contributed by atoms with Crippen molar-refractivity contribution in [2.24, 2.45) is 4.99 Å². The fraction of sp³-hybridized carbons (Fsp3) is 0.368. The Morgan fingerprint density at radius 1 is 1.15 bits per heavy atom. The first-order valence-electron chi connectivity index (χ1n) is 8.41. The highest BCUT2D eigenvalue weighted by Gasteiger charge is 2.09. The van der Waals surface area contributed by atoms with E-state index in [-0.39, 0.29) is 36.4 Å². The van der Waals surface area contributed by atoms with Crippen molar-refractivity contribution in [3.8, 4) is 0 Å². The fourth-order valence-electron chi connectivity index (χ4n) is 2.43. The Balaban J connectivity index is 0.00000338. The monoisotopic (exact) mass is 470 g/mol. The molecule has 0 bridgehead atoms. The maximum absolute atomic E-state index is 11.9. The van der Waals surface area contributed by atoms with Gasteiger partial charge in [0, 0.05) is 20.6 Å². The van der Waals surface area contributed by atoms with E-state index in [2.05, 4.69) is 46.8 Å². The van der Waals surface area contributed by atoms with E-state index in [9.17, 15) is 4.79 Å². The number of rotatable bonds is 7. The van der Waals surface area contributed by atoms with Crippen LogP contribution in [0.4, 0.5) is 0 Å². The molecule has 2 N–H and O–H groups in total. The number of amides is 1. The molecule has 0 aliphatic rings. The van der Waals surface area contributed by atoms with Crippen molar-refractivity contribution in [1.29, 1.82) is 0 Å². The van der Waals surface area contributed by atoms with Crippen molar-refractivity contribution < 1.29 is 9.21 Å². The molecule has 0 radical (unpaired) electrons. The van der Waals surface area contributed by atoms with Gasteiger partial charge in [0.25, 0.3) is 0 Å². The number of nitrogens with zero attached hydrogens (tertiary/aromatic N) is 2. The lowest BCUT2D eigenvalue weighted by Gasteiger charge is -2.22. The van der Waals surface area contributed by atoms with E-state index in [4.69, 9.17) is 4.42 Å². The Morgan fingerprint density at radius 2 is 1.85 bits per heavy atom. The quantitative estimate of drug-likeness (QED) is 0.371. The Morgan fingerprint density at radius 3 is 2.42 bits per heavy atom. The molecule has 0 aliphatic heterocycles. The Labute approximate surface area is 172 Å². The highest BCUT2D eigenvalue weighted by molar-refractivity contribution is 14.0. The number of aliphatic imine (C=N–C) groups is 1. The van der Waals surface area contributed by atoms with Crippen LogP contribution in [0.5, 0.6) is 0 Å². The summed E-state index contributed by atoms with van der Waals surface area (Å²) >= 11 is 0. The van der Waals surface area contributed by atoms with E-state index in [1.165, 1.54) is 11.1 Å². The summed E-state index contributed by atoms with van der Waals surface area (Å²) in [5, 5.41) is 5.87. The largest absolute Gasteiger partial charge is 0.467 e. The lowest BCUT2D eigenvalue weighted by Crippen LogP contribution is -2.43. The van der Waals surface area contributed by atoms with Crippen molar-refractivity contribution in [3.05, 3.63) is 59.5 Å². The number of guanidine groups is 1. The number of carbonyl (C=O) groups is 1. The summed E-state index contributed by atoms with van der Waals surface area (Å²) in [5.41, 5.74) is 2.52. The summed E-state index contributed by atoms with van der Waals surface area (Å²) in [7, 11) is 3.66. The molecule has 7 heteroatoms. The topological polar surface area (TPSA) is 69.9 Å². The van der Waals surface area contributed by atoms with Crippen molar-refractivity contribution in [3.63, 3.8) is 0 Å². The summed E-state index contributed by atoms with van der Waals surface area (Å²) in [6, 6.07) is 12.1. The molecule has 0 fully saturated rings. The van der Waals surface area contributed by atoms with Crippen LogP contribution < -0.4 is 10.6 Å². The van der Waals surface area contributed by atoms with Gasteiger partial charge in [-0.1, -0.05) is 31.2 Å². The molecule has 0 aliphatic carbocycles. The van der Waals surface area contributed by atoms with Gasteiger partial charge in [-0.15, -0.1) is 24.0 Å². The number of aryl methyl sites for hydroxylation is 1. The predicted molar refractivity (Wildman–Crippen MR) is 115 cm³/mol. The Bertz CT molecular complexity index is 684. The third-order valence-corrected chi connectivity index (χ3v) is 3.87. The van der Waals surface area contributed by atoms with Crippen LogP contribution in [0, 0.1) is 0 Å². The summed E-state index contributed by atoms with van der Waals surface area (Å²) in [4.78, 5) is 18.1. The number of hydrogen-bond acceptors (Lipinski definition) is 3. The third-order valence-electron chi connectivity index (χ3n) is 3.87. The van der Waals surface area contributed by atoms with Gasteiger partial charge in [-0.25, -0.2) is 0 Å². The molecule has 2 rings (SSSR count). The molecular weight excluding hydrogens is 443 g/mol. The van der Waals surface area contributed by atoms with E-state index in [1.807, 2.05) is 18.0 Å². The zero-order chi connectivity index (χ0) is 18.1. The van der Waals surface area contributed by atoms with Gasteiger partial charge in [0.05, 0.1) is 19.4 Å². The average molecular weight is 470 g/mol. The summed E-state index contributed by atoms with van der Waals surface area (Å²) in [6.07, 6.45) is 2.62. The lowest BCUT2D eigenvalue weighted by atomic mass is 10.1. The molecule has 142 valence electrons. The zero-order valence-electron chi connectivity index (χ0n) is 15.5. The first-order chi connectivity index (χ1) is 12.1. The van der Waals surface area contributed by atoms with Crippen molar-refractivity contribution in [2.45, 2.75) is 26.4 Å². The van der Waals surface area contributed by atoms with Crippen LogP contribution in [0.2, 0.25) is 0 Å². The van der Waals surface area contributed by atoms with Gasteiger partial charge in [-0.3, -0.25) is 9.79 Å². The molecule has 0 unspecified atom stereocenters. The van der Waals surface area contributed by atoms with Crippen LogP contribution in [0.3, 0.4) is 0 Å². The van der Waals surface area contributed by atoms with Crippen molar-refractivity contribution >= 4 is 35.8 Å². The van der Waals surface area contributed by atoms with E-state index >= 15 is 0 Å². The van der Waals surface area contributed by atoms with Crippen LogP contribution in [0.25, 0.3) is 0 Å². The number of benzene rings is 1. The molecule has 2 aromatic rings. The SMILES string of the molecule is CCc1ccc(CN(C)C(=NC)NCC(=O)NCc2ccco2)cc1.I. The average Bonchev–Trinajstić information content (AvgIpc) is 3.14. The molecule has 0 saturated heterocycles. The highest BCUT2D eigenvalue weighted by atomic mass is 127. The smallest absolute Gasteiger partial charge is 0.239 e. The second-order valence-corrected chi connectivity index (χ2v) is 5.78. The van der Waals surface area contributed by atoms with Crippen LogP contribution in [0.15, 0.2) is 52.1 Å². The fourth-order valence-corrected chi connectivity index (χ4v) is 2.43. The minimum atomic E-state index is -0.113. The van der Waals surface area contributed by atoms with E-state index < -0.39 is 0 Å². The van der Waals surface area contributed by atoms with Crippen molar-refractivity contribution in [2.75, 3.05) is 20.6 Å². The standard InChI is InChI=1S/C19H26N4O2.HI/c1-4-15-7-9-16(10-8-15)14-23(3)19(20-2)22-13-18(24)21-12-17-6-5-11-25-17;/h5-11H,4,12-14H2,1-3H3,(H,20,22)(H,21,24);1H. The maximum Gasteiger partial charge on any atom is 0.239 e. The number of hydrogen-bond donors (Lipinski definition) is 2. The predicted octanol–water partition coefficient (Wildman–Crippen LogP) is 2.78. The molecule has 1 aromatic heterocycles. The summed E-state index contributed by atoms with van der Waals surface area (Å²) in [5.74, 6) is 1.29. The normalized spacial score (nSPS) is 10.8. The molecule has 1 amide bonds. The molecule has 1 aromatic carbocycles. The first-order valence-corrected chi connectivity index (χ1v) is 8.41. The highest BCUT2D eigenvalue weighted by Crippen LogP contribution is 2.07. The van der Waals surface area contributed by atoms with Gasteiger partial charge in [0.2, 0.25) is 5.91 Å². The van der Waals surface area contributed by atoms with Gasteiger partial charge in [0.1, 0.15) is 5.76 Å². The first kappa shape index (κ1) is 22.0. The zero-order valence-corrected chi connectivity index (χ0v) is 17.8. The molecular formula is C19H27IN4O2. The minimum Gasteiger partial charge on any atom is -0.467 e. The van der Waals surface area contributed by atoms with Gasteiger partial charge in [-0.05, 0) is 29.7 Å². The number of nitrogens with one attached hydrogen (secondary N) is 2. The number of carbonyl (C=O) groups excluding carboxylic acids is 1. The van der Waals surface area contributed by atoms with Crippen LogP contribution in [0.1, 0.15) is 23.8 Å². The van der Waals surface area contributed by atoms with E-state index in [0.717, 1.165) is 18.7 Å². The molecule has 26 heavy (non-hydrogen) atoms. The van der Waals surface area contributed by atoms with Crippen molar-refractivity contribution in [1.82, 2.24) is 15.5 Å². The van der Waals surface area contributed by atoms with Gasteiger partial charge < -0.3 is 20.0 Å². The van der Waals surface area contributed by atoms with E-state index in [1.54, 1.807) is 19.4 Å². The molecule has 0 saturated carbocycles. The van der Waals surface area contributed by atoms with Crippen LogP contribution in [-0.4, -0.2) is 37.4 Å². The molecule has 0 spiro atoms. The minimum absolute atomic E-state index is 0. The van der Waals surface area contributed by atoms with Gasteiger partial charge >= 0.3 is 0 Å². The number of halogens is 1. The van der Waals surface area contributed by atoms with Gasteiger partial charge in [-0.2, -0.15) is 0 Å². The second-order valence-electron chi connectivity index (χ2n) is 5.78. The maximum atomic E-state index is 11.9. The van der Waals surface area contributed by atoms with E-state index in [0.29, 0.717) is 12.5 Å². The Kier molecular flexibility index (Phi) is 9.79. The van der Waals surface area contributed by atoms with Gasteiger partial charge in [0.15, 0.2) is 5.96 Å². The molecule has 1 heterocycles. The lowest BCUT2D eigenvalue weighted by molar-refractivity contribution is -0.120. The summed E-state index contributed by atoms with van der Waals surface area (Å²) in [6.45, 7) is 3.40. The van der Waals surface area contributed by atoms with Crippen LogP contribution in [-0.2, 0) is 24.3 Å². The molecule has 6 nitrogen and oxygen atoms in total. The second kappa shape index (κ2) is 11.6. The Hall–Kier alpha value is -2.03. The number of furan rings is 1. The van der Waals surface area contributed by atoms with Crippen LogP contribution >= 0.6 is 24.0 Å². The molecule has 0 atom stereocenters. The summed E-state index contributed by atoms with van der Waals surface area (Å²) < 4.78 is 5.18. The third kappa shape index (κ3) is 7.07.